The highest BCUT2D eigenvalue weighted by Gasteiger charge is 2.28. The average Bonchev–Trinajstić information content (AvgIpc) is 2.83. The fourth-order valence-corrected chi connectivity index (χ4v) is 3.57. The van der Waals surface area contributed by atoms with Crippen molar-refractivity contribution in [2.45, 2.75) is 45.8 Å². The number of hydrogen-bond acceptors (Lipinski definition) is 5. The summed E-state index contributed by atoms with van der Waals surface area (Å²) in [6, 6.07) is 0. The van der Waals surface area contributed by atoms with Crippen LogP contribution in [0.3, 0.4) is 0 Å². The van der Waals surface area contributed by atoms with Gasteiger partial charge in [-0.25, -0.2) is 4.98 Å². The van der Waals surface area contributed by atoms with Gasteiger partial charge in [0.15, 0.2) is 0 Å². The Hall–Kier alpha value is -0.490. The zero-order valence-electron chi connectivity index (χ0n) is 12.4. The zero-order valence-corrected chi connectivity index (χ0v) is 13.2. The third-order valence-electron chi connectivity index (χ3n) is 3.48. The van der Waals surface area contributed by atoms with Crippen LogP contribution in [0.1, 0.15) is 49.4 Å². The molecule has 1 fully saturated rings. The molecule has 2 N–H and O–H groups in total. The number of thiazole rings is 1. The topological polar surface area (TPSA) is 51.4 Å². The van der Waals surface area contributed by atoms with Crippen LogP contribution in [0.25, 0.3) is 0 Å². The normalized spacial score (nSPS) is 21.8. The van der Waals surface area contributed by atoms with Crippen molar-refractivity contribution in [3.8, 4) is 0 Å². The van der Waals surface area contributed by atoms with Gasteiger partial charge in [-0.3, -0.25) is 4.90 Å². The van der Waals surface area contributed by atoms with Gasteiger partial charge in [0.1, 0.15) is 11.1 Å². The number of hydrogen-bond donors (Lipinski definition) is 1. The van der Waals surface area contributed by atoms with E-state index in [1.165, 1.54) is 4.88 Å². The highest BCUT2D eigenvalue weighted by Crippen LogP contribution is 2.34. The predicted molar refractivity (Wildman–Crippen MR) is 79.5 cm³/mol. The van der Waals surface area contributed by atoms with Crippen LogP contribution in [0.4, 0.5) is 0 Å². The van der Waals surface area contributed by atoms with Gasteiger partial charge in [0.25, 0.3) is 0 Å². The summed E-state index contributed by atoms with van der Waals surface area (Å²) in [4.78, 5) is 8.44. The Balaban J connectivity index is 2.23. The zero-order chi connectivity index (χ0) is 14.0. The first-order valence-corrected chi connectivity index (χ1v) is 7.81. The summed E-state index contributed by atoms with van der Waals surface area (Å²) in [5, 5.41) is 1.09. The van der Waals surface area contributed by atoms with Crippen LogP contribution >= 0.6 is 11.3 Å². The third-order valence-corrected chi connectivity index (χ3v) is 4.65. The molecule has 0 aliphatic carbocycles. The second-order valence-electron chi connectivity index (χ2n) is 6.03. The molecule has 1 aliphatic heterocycles. The van der Waals surface area contributed by atoms with E-state index < -0.39 is 0 Å². The van der Waals surface area contributed by atoms with Gasteiger partial charge in [-0.15, -0.1) is 11.3 Å². The van der Waals surface area contributed by atoms with E-state index >= 15 is 0 Å². The van der Waals surface area contributed by atoms with Crippen molar-refractivity contribution in [1.29, 1.82) is 0 Å². The van der Waals surface area contributed by atoms with Crippen LogP contribution in [0, 0.1) is 0 Å². The summed E-state index contributed by atoms with van der Waals surface area (Å²) in [7, 11) is 0. The number of aromatic nitrogens is 1. The van der Waals surface area contributed by atoms with Crippen LogP contribution < -0.4 is 5.73 Å². The minimum absolute atomic E-state index is 0.0442. The Kier molecular flexibility index (Phi) is 4.61. The lowest BCUT2D eigenvalue weighted by Gasteiger charge is -2.30. The first kappa shape index (κ1) is 14.9. The molecule has 2 heterocycles. The molecule has 1 saturated heterocycles. The van der Waals surface area contributed by atoms with Crippen molar-refractivity contribution in [1.82, 2.24) is 9.88 Å². The fourth-order valence-electron chi connectivity index (χ4n) is 2.37. The van der Waals surface area contributed by atoms with E-state index in [1.807, 2.05) is 0 Å². The summed E-state index contributed by atoms with van der Waals surface area (Å²) >= 11 is 1.72. The number of ether oxygens (including phenoxy) is 1. The lowest BCUT2D eigenvalue weighted by atomic mass is 9.91. The molecule has 1 aromatic rings. The van der Waals surface area contributed by atoms with Crippen LogP contribution in [0.5, 0.6) is 0 Å². The molecular weight excluding hydrogens is 258 g/mol. The summed E-state index contributed by atoms with van der Waals surface area (Å²) in [5.41, 5.74) is 7.04. The summed E-state index contributed by atoms with van der Waals surface area (Å²) in [6.45, 7) is 13.1. The molecule has 1 aliphatic rings. The minimum atomic E-state index is 0.0442. The Morgan fingerprint density at radius 3 is 2.74 bits per heavy atom. The number of rotatable bonds is 3. The third kappa shape index (κ3) is 3.34. The smallest absolute Gasteiger partial charge is 0.123 e. The highest BCUT2D eigenvalue weighted by atomic mass is 32.1. The van der Waals surface area contributed by atoms with Crippen molar-refractivity contribution >= 4 is 11.3 Å². The van der Waals surface area contributed by atoms with E-state index in [0.717, 1.165) is 36.9 Å². The number of nitrogens with two attached hydrogens (primary N) is 1. The van der Waals surface area contributed by atoms with E-state index in [9.17, 15) is 0 Å². The van der Waals surface area contributed by atoms with Crippen molar-refractivity contribution in [3.63, 3.8) is 0 Å². The molecule has 0 aromatic carbocycles. The van der Waals surface area contributed by atoms with Crippen LogP contribution in [-0.4, -0.2) is 36.1 Å². The number of nitrogens with zero attached hydrogens (tertiary/aromatic N) is 2. The van der Waals surface area contributed by atoms with Crippen LogP contribution in [0.15, 0.2) is 0 Å². The maximum absolute atomic E-state index is 5.89. The van der Waals surface area contributed by atoms with E-state index in [4.69, 9.17) is 15.5 Å². The standard InChI is InChI=1S/C14H25N3OS/c1-5-17-6-7-18-10(9-17)13-16-12(14(2,3)4)11(8-15)19-13/h10H,5-9,15H2,1-4H3. The minimum Gasteiger partial charge on any atom is -0.368 e. The first-order chi connectivity index (χ1) is 8.95. The van der Waals surface area contributed by atoms with Gasteiger partial charge in [0, 0.05) is 29.9 Å². The van der Waals surface area contributed by atoms with Gasteiger partial charge in [0.05, 0.1) is 12.3 Å². The number of likely N-dealkylation sites (N-methyl/N-ethyl adjacent to an activating group) is 1. The molecule has 1 atom stereocenters. The first-order valence-electron chi connectivity index (χ1n) is 6.99. The highest BCUT2D eigenvalue weighted by molar-refractivity contribution is 7.11. The summed E-state index contributed by atoms with van der Waals surface area (Å²) < 4.78 is 5.89. The van der Waals surface area contributed by atoms with Crippen LogP contribution in [-0.2, 0) is 16.7 Å². The van der Waals surface area contributed by atoms with Crippen molar-refractivity contribution < 1.29 is 4.74 Å². The molecule has 2 rings (SSSR count). The molecule has 0 spiro atoms. The Morgan fingerprint density at radius 2 is 2.21 bits per heavy atom. The van der Waals surface area contributed by atoms with Gasteiger partial charge in [-0.1, -0.05) is 27.7 Å². The Morgan fingerprint density at radius 1 is 1.47 bits per heavy atom. The summed E-state index contributed by atoms with van der Waals surface area (Å²) in [6.07, 6.45) is 0.111. The molecule has 5 heteroatoms. The largest absolute Gasteiger partial charge is 0.368 e. The number of morpholine rings is 1. The Labute approximate surface area is 120 Å². The lowest BCUT2D eigenvalue weighted by Crippen LogP contribution is -2.38. The van der Waals surface area contributed by atoms with E-state index in [0.29, 0.717) is 6.54 Å². The predicted octanol–water partition coefficient (Wildman–Crippen LogP) is 2.29. The van der Waals surface area contributed by atoms with Crippen molar-refractivity contribution in [2.75, 3.05) is 26.2 Å². The molecule has 4 nitrogen and oxygen atoms in total. The molecule has 0 bridgehead atoms. The lowest BCUT2D eigenvalue weighted by molar-refractivity contribution is -0.0283. The van der Waals surface area contributed by atoms with Gasteiger partial charge >= 0.3 is 0 Å². The maximum Gasteiger partial charge on any atom is 0.123 e. The second-order valence-corrected chi connectivity index (χ2v) is 7.15. The monoisotopic (exact) mass is 283 g/mol. The SMILES string of the molecule is CCN1CCOC(c2nc(C(C)(C)C)c(CN)s2)C1. The quantitative estimate of drug-likeness (QED) is 0.925. The molecule has 0 saturated carbocycles. The van der Waals surface area contributed by atoms with Gasteiger partial charge in [-0.05, 0) is 6.54 Å². The van der Waals surface area contributed by atoms with Gasteiger partial charge in [0.2, 0.25) is 0 Å². The van der Waals surface area contributed by atoms with Gasteiger partial charge in [-0.2, -0.15) is 0 Å². The fraction of sp³-hybridized carbons (Fsp3) is 0.786. The molecule has 1 unspecified atom stereocenters. The Bertz CT molecular complexity index is 425. The molecule has 1 aromatic heterocycles. The van der Waals surface area contributed by atoms with E-state index in [1.54, 1.807) is 11.3 Å². The van der Waals surface area contributed by atoms with E-state index in [-0.39, 0.29) is 11.5 Å². The van der Waals surface area contributed by atoms with E-state index in [2.05, 4.69) is 32.6 Å². The van der Waals surface area contributed by atoms with Crippen LogP contribution in [0.2, 0.25) is 0 Å². The van der Waals surface area contributed by atoms with Crippen molar-refractivity contribution in [2.24, 2.45) is 5.73 Å². The summed E-state index contributed by atoms with van der Waals surface area (Å²) in [5.74, 6) is 0. The second kappa shape index (κ2) is 5.87. The molecular formula is C14H25N3OS. The molecule has 19 heavy (non-hydrogen) atoms. The van der Waals surface area contributed by atoms with Crippen molar-refractivity contribution in [3.05, 3.63) is 15.6 Å². The molecule has 0 radical (unpaired) electrons. The van der Waals surface area contributed by atoms with Gasteiger partial charge < -0.3 is 10.5 Å². The average molecular weight is 283 g/mol. The molecule has 0 amide bonds. The maximum atomic E-state index is 5.89. The molecule has 108 valence electrons.